The highest BCUT2D eigenvalue weighted by atomic mass is 19.1. The van der Waals surface area contributed by atoms with Crippen LogP contribution in [0.1, 0.15) is 23.2 Å². The summed E-state index contributed by atoms with van der Waals surface area (Å²) in [6.45, 7) is 2.66. The summed E-state index contributed by atoms with van der Waals surface area (Å²) in [7, 11) is 0. The van der Waals surface area contributed by atoms with Crippen molar-refractivity contribution in [3.8, 4) is 0 Å². The van der Waals surface area contributed by atoms with Gasteiger partial charge in [0.1, 0.15) is 5.82 Å². The summed E-state index contributed by atoms with van der Waals surface area (Å²) in [5.41, 5.74) is 0.579. The van der Waals surface area contributed by atoms with Crippen LogP contribution in [0.15, 0.2) is 24.3 Å². The smallest absolute Gasteiger partial charge is 0.253 e. The van der Waals surface area contributed by atoms with E-state index in [9.17, 15) is 9.18 Å². The van der Waals surface area contributed by atoms with Crippen LogP contribution < -0.4 is 5.32 Å². The van der Waals surface area contributed by atoms with Crippen LogP contribution >= 0.6 is 0 Å². The van der Waals surface area contributed by atoms with Crippen LogP contribution in [0.2, 0.25) is 0 Å². The first-order chi connectivity index (χ1) is 8.74. The Morgan fingerprint density at radius 2 is 2.06 bits per heavy atom. The van der Waals surface area contributed by atoms with Crippen molar-refractivity contribution in [1.29, 1.82) is 0 Å². The molecule has 3 rings (SSSR count). The highest BCUT2D eigenvalue weighted by molar-refractivity contribution is 5.94. The Morgan fingerprint density at radius 3 is 2.78 bits per heavy atom. The number of benzene rings is 1. The molecule has 4 heteroatoms. The Labute approximate surface area is 106 Å². The molecule has 0 spiro atoms. The average Bonchev–Trinajstić information content (AvgIpc) is 2.82. The molecule has 2 aliphatic heterocycles. The summed E-state index contributed by atoms with van der Waals surface area (Å²) in [5.74, 6) is 0.303. The summed E-state index contributed by atoms with van der Waals surface area (Å²) < 4.78 is 12.8. The number of likely N-dealkylation sites (tertiary alicyclic amines) is 1. The van der Waals surface area contributed by atoms with E-state index in [2.05, 4.69) is 5.32 Å². The predicted octanol–water partition coefficient (Wildman–Crippen LogP) is 1.65. The van der Waals surface area contributed by atoms with E-state index in [0.717, 1.165) is 19.6 Å². The molecule has 0 aromatic heterocycles. The number of halogens is 1. The van der Waals surface area contributed by atoms with Gasteiger partial charge in [-0.15, -0.1) is 0 Å². The van der Waals surface area contributed by atoms with E-state index < -0.39 is 0 Å². The molecule has 1 aromatic rings. The van der Waals surface area contributed by atoms with Crippen LogP contribution in [-0.4, -0.2) is 36.5 Å². The van der Waals surface area contributed by atoms with Gasteiger partial charge in [0.05, 0.1) is 0 Å². The molecule has 0 radical (unpaired) electrons. The van der Waals surface area contributed by atoms with Crippen molar-refractivity contribution in [2.24, 2.45) is 5.92 Å². The molecular formula is C14H17FN2O. The summed E-state index contributed by atoms with van der Waals surface area (Å²) in [6, 6.07) is 6.26. The van der Waals surface area contributed by atoms with Crippen molar-refractivity contribution < 1.29 is 9.18 Å². The number of rotatable bonds is 1. The third kappa shape index (κ3) is 2.12. The fourth-order valence-electron chi connectivity index (χ4n) is 2.99. The molecule has 3 nitrogen and oxygen atoms in total. The third-order valence-corrected chi connectivity index (χ3v) is 3.98. The number of hydrogen-bond donors (Lipinski definition) is 1. The van der Waals surface area contributed by atoms with Gasteiger partial charge in [-0.05, 0) is 49.6 Å². The maximum atomic E-state index is 12.8. The molecule has 1 N–H and O–H groups in total. The largest absolute Gasteiger partial charge is 0.337 e. The SMILES string of the molecule is O=C(c1ccc(F)cc1)N1CC2CCCNC2C1. The molecule has 2 aliphatic rings. The van der Waals surface area contributed by atoms with E-state index in [1.165, 1.54) is 25.0 Å². The minimum absolute atomic E-state index is 0.0196. The number of fused-ring (bicyclic) bond motifs is 1. The number of carbonyl (C=O) groups excluding carboxylic acids is 1. The van der Waals surface area contributed by atoms with Crippen LogP contribution in [0.5, 0.6) is 0 Å². The standard InChI is InChI=1S/C14H17FN2O/c15-12-5-3-10(4-6-12)14(18)17-8-11-2-1-7-16-13(11)9-17/h3-6,11,13,16H,1-2,7-9H2. The number of nitrogens with zero attached hydrogens (tertiary/aromatic N) is 1. The van der Waals surface area contributed by atoms with Gasteiger partial charge in [0.25, 0.3) is 5.91 Å². The lowest BCUT2D eigenvalue weighted by Gasteiger charge is -2.24. The van der Waals surface area contributed by atoms with Crippen LogP contribution in [-0.2, 0) is 0 Å². The minimum atomic E-state index is -0.302. The number of carbonyl (C=O) groups is 1. The van der Waals surface area contributed by atoms with Crippen molar-refractivity contribution in [2.45, 2.75) is 18.9 Å². The topological polar surface area (TPSA) is 32.3 Å². The lowest BCUT2D eigenvalue weighted by atomic mass is 9.94. The molecule has 2 atom stereocenters. The van der Waals surface area contributed by atoms with Gasteiger partial charge in [0.2, 0.25) is 0 Å². The molecule has 2 fully saturated rings. The second kappa shape index (κ2) is 4.69. The predicted molar refractivity (Wildman–Crippen MR) is 66.8 cm³/mol. The van der Waals surface area contributed by atoms with E-state index in [0.29, 0.717) is 17.5 Å². The highest BCUT2D eigenvalue weighted by Crippen LogP contribution is 2.26. The molecule has 0 aliphatic carbocycles. The van der Waals surface area contributed by atoms with E-state index in [4.69, 9.17) is 0 Å². The van der Waals surface area contributed by atoms with E-state index in [-0.39, 0.29) is 11.7 Å². The summed E-state index contributed by atoms with van der Waals surface area (Å²) >= 11 is 0. The number of amides is 1. The third-order valence-electron chi connectivity index (χ3n) is 3.98. The molecule has 0 saturated carbocycles. The van der Waals surface area contributed by atoms with E-state index in [1.807, 2.05) is 4.90 Å². The fourth-order valence-corrected chi connectivity index (χ4v) is 2.99. The molecule has 18 heavy (non-hydrogen) atoms. The maximum Gasteiger partial charge on any atom is 0.253 e. The average molecular weight is 248 g/mol. The summed E-state index contributed by atoms with van der Waals surface area (Å²) in [6.07, 6.45) is 2.39. The van der Waals surface area contributed by atoms with Gasteiger partial charge < -0.3 is 10.2 Å². The van der Waals surface area contributed by atoms with Crippen molar-refractivity contribution in [1.82, 2.24) is 10.2 Å². The second-order valence-electron chi connectivity index (χ2n) is 5.18. The van der Waals surface area contributed by atoms with Gasteiger partial charge in [0, 0.05) is 24.7 Å². The zero-order chi connectivity index (χ0) is 12.5. The lowest BCUT2D eigenvalue weighted by molar-refractivity contribution is 0.0785. The van der Waals surface area contributed by atoms with Gasteiger partial charge >= 0.3 is 0 Å². The summed E-state index contributed by atoms with van der Waals surface area (Å²) in [4.78, 5) is 14.2. The number of hydrogen-bond acceptors (Lipinski definition) is 2. The van der Waals surface area contributed by atoms with Crippen LogP contribution in [0.3, 0.4) is 0 Å². The Bertz CT molecular complexity index is 432. The van der Waals surface area contributed by atoms with Crippen molar-refractivity contribution in [2.75, 3.05) is 19.6 Å². The van der Waals surface area contributed by atoms with E-state index >= 15 is 0 Å². The summed E-state index contributed by atoms with van der Waals surface area (Å²) in [5, 5.41) is 3.47. The van der Waals surface area contributed by atoms with Gasteiger partial charge in [0.15, 0.2) is 0 Å². The Balaban J connectivity index is 1.72. The molecule has 2 heterocycles. The zero-order valence-corrected chi connectivity index (χ0v) is 10.2. The van der Waals surface area contributed by atoms with E-state index in [1.54, 1.807) is 12.1 Å². The Kier molecular flexibility index (Phi) is 3.04. The van der Waals surface area contributed by atoms with Crippen LogP contribution in [0.4, 0.5) is 4.39 Å². The van der Waals surface area contributed by atoms with Crippen molar-refractivity contribution in [3.63, 3.8) is 0 Å². The Morgan fingerprint density at radius 1 is 1.28 bits per heavy atom. The molecule has 2 unspecified atom stereocenters. The van der Waals surface area contributed by atoms with Crippen molar-refractivity contribution in [3.05, 3.63) is 35.6 Å². The molecular weight excluding hydrogens is 231 g/mol. The van der Waals surface area contributed by atoms with Gasteiger partial charge in [-0.2, -0.15) is 0 Å². The molecule has 96 valence electrons. The first-order valence-corrected chi connectivity index (χ1v) is 6.52. The Hall–Kier alpha value is -1.42. The van der Waals surface area contributed by atoms with Crippen molar-refractivity contribution >= 4 is 5.91 Å². The minimum Gasteiger partial charge on any atom is -0.337 e. The number of nitrogens with one attached hydrogen (secondary N) is 1. The first kappa shape index (κ1) is 11.7. The monoisotopic (exact) mass is 248 g/mol. The molecule has 1 amide bonds. The quantitative estimate of drug-likeness (QED) is 0.819. The second-order valence-corrected chi connectivity index (χ2v) is 5.18. The van der Waals surface area contributed by atoms with Crippen LogP contribution in [0.25, 0.3) is 0 Å². The normalized spacial score (nSPS) is 27.1. The van der Waals surface area contributed by atoms with Crippen LogP contribution in [0, 0.1) is 11.7 Å². The molecule has 0 bridgehead atoms. The number of piperidine rings is 1. The maximum absolute atomic E-state index is 12.8. The van der Waals surface area contributed by atoms with Gasteiger partial charge in [-0.3, -0.25) is 4.79 Å². The molecule has 1 aromatic carbocycles. The lowest BCUT2D eigenvalue weighted by Crippen LogP contribution is -2.41. The zero-order valence-electron chi connectivity index (χ0n) is 10.2. The van der Waals surface area contributed by atoms with Gasteiger partial charge in [-0.1, -0.05) is 0 Å². The fraction of sp³-hybridized carbons (Fsp3) is 0.500. The highest BCUT2D eigenvalue weighted by Gasteiger charge is 2.36. The first-order valence-electron chi connectivity index (χ1n) is 6.52. The molecule has 2 saturated heterocycles. The van der Waals surface area contributed by atoms with Gasteiger partial charge in [-0.25, -0.2) is 4.39 Å².